The van der Waals surface area contributed by atoms with Crippen LogP contribution in [0.1, 0.15) is 18.9 Å². The van der Waals surface area contributed by atoms with Crippen LogP contribution in [-0.4, -0.2) is 14.7 Å². The van der Waals surface area contributed by atoms with Crippen molar-refractivity contribution in [2.24, 2.45) is 0 Å². The van der Waals surface area contributed by atoms with Crippen molar-refractivity contribution in [3.8, 4) is 12.3 Å². The highest BCUT2D eigenvalue weighted by Gasteiger charge is 2.12. The molecule has 0 aliphatic heterocycles. The minimum Gasteiger partial charge on any atom is -0.385 e. The second-order valence-electron chi connectivity index (χ2n) is 3.42. The highest BCUT2D eigenvalue weighted by Crippen LogP contribution is 2.20. The number of imidazole rings is 1. The van der Waals surface area contributed by atoms with Gasteiger partial charge in [-0.1, -0.05) is 18.1 Å². The average molecular weight is 200 g/mol. The average Bonchev–Trinajstić information content (AvgIpc) is 2.58. The van der Waals surface area contributed by atoms with Gasteiger partial charge in [0.05, 0.1) is 17.6 Å². The maximum Gasteiger partial charge on any atom is 0.139 e. The molecule has 0 aliphatic rings. The van der Waals surface area contributed by atoms with Crippen molar-refractivity contribution in [3.63, 3.8) is 0 Å². The highest BCUT2D eigenvalue weighted by molar-refractivity contribution is 5.76. The van der Waals surface area contributed by atoms with Crippen molar-refractivity contribution in [2.45, 2.75) is 19.6 Å². The van der Waals surface area contributed by atoms with Gasteiger partial charge in [0.15, 0.2) is 0 Å². The van der Waals surface area contributed by atoms with E-state index in [1.165, 1.54) is 0 Å². The normalized spacial score (nSPS) is 12.6. The van der Waals surface area contributed by atoms with Crippen molar-refractivity contribution < 1.29 is 5.11 Å². The number of terminal acetylenes is 1. The molecule has 1 atom stereocenters. The van der Waals surface area contributed by atoms with Crippen LogP contribution in [0.15, 0.2) is 24.3 Å². The lowest BCUT2D eigenvalue weighted by Crippen LogP contribution is -2.05. The Kier molecular flexibility index (Phi) is 2.44. The first-order valence-electron chi connectivity index (χ1n) is 4.80. The summed E-state index contributed by atoms with van der Waals surface area (Å²) in [5, 5.41) is 9.58. The highest BCUT2D eigenvalue weighted by atomic mass is 16.3. The molecule has 0 bridgehead atoms. The Bertz CT molecular complexity index is 520. The number of hydrogen-bond donors (Lipinski definition) is 1. The molecule has 0 spiro atoms. The van der Waals surface area contributed by atoms with Crippen molar-refractivity contribution in [3.05, 3.63) is 30.1 Å². The number of hydrogen-bond acceptors (Lipinski definition) is 2. The minimum absolute atomic E-state index is 0.431. The Morgan fingerprint density at radius 2 is 2.27 bits per heavy atom. The van der Waals surface area contributed by atoms with E-state index in [0.717, 1.165) is 11.0 Å². The monoisotopic (exact) mass is 200 g/mol. The Labute approximate surface area is 88.4 Å². The predicted octanol–water partition coefficient (Wildman–Crippen LogP) is 1.72. The summed E-state index contributed by atoms with van der Waals surface area (Å²) >= 11 is 0. The molecule has 2 rings (SSSR count). The van der Waals surface area contributed by atoms with Crippen LogP contribution in [0.2, 0.25) is 0 Å². The first-order chi connectivity index (χ1) is 7.24. The molecule has 1 heterocycles. The van der Waals surface area contributed by atoms with Crippen molar-refractivity contribution in [1.82, 2.24) is 9.55 Å². The van der Waals surface area contributed by atoms with E-state index >= 15 is 0 Å². The third-order valence-corrected chi connectivity index (χ3v) is 2.31. The van der Waals surface area contributed by atoms with E-state index < -0.39 is 6.10 Å². The molecule has 0 fully saturated rings. The molecule has 0 saturated heterocycles. The Morgan fingerprint density at radius 3 is 2.93 bits per heavy atom. The van der Waals surface area contributed by atoms with E-state index in [9.17, 15) is 5.11 Å². The lowest BCUT2D eigenvalue weighted by molar-refractivity contribution is 0.185. The third kappa shape index (κ3) is 1.60. The standard InChI is InChI=1S/C12H12N2O/c1-3-8-14-11-7-5-4-6-10(11)13-12(14)9(2)15/h1,4-7,9,15H,8H2,2H3. The predicted molar refractivity (Wildman–Crippen MR) is 59.2 cm³/mol. The van der Waals surface area contributed by atoms with E-state index in [1.54, 1.807) is 6.92 Å². The number of para-hydroxylation sites is 2. The fourth-order valence-corrected chi connectivity index (χ4v) is 1.67. The molecular formula is C12H12N2O. The zero-order valence-electron chi connectivity index (χ0n) is 8.51. The van der Waals surface area contributed by atoms with Crippen molar-refractivity contribution in [2.75, 3.05) is 0 Å². The molecule has 76 valence electrons. The topological polar surface area (TPSA) is 38.0 Å². The van der Waals surface area contributed by atoms with Gasteiger partial charge in [-0.3, -0.25) is 0 Å². The second kappa shape index (κ2) is 3.76. The molecular weight excluding hydrogens is 188 g/mol. The molecule has 1 aromatic carbocycles. The van der Waals surface area contributed by atoms with Crippen LogP contribution < -0.4 is 0 Å². The van der Waals surface area contributed by atoms with Crippen LogP contribution in [-0.2, 0) is 6.54 Å². The van der Waals surface area contributed by atoms with E-state index in [2.05, 4.69) is 10.9 Å². The summed E-state index contributed by atoms with van der Waals surface area (Å²) in [5.74, 6) is 3.19. The van der Waals surface area contributed by atoms with Gasteiger partial charge < -0.3 is 9.67 Å². The van der Waals surface area contributed by atoms with E-state index in [4.69, 9.17) is 6.42 Å². The van der Waals surface area contributed by atoms with Gasteiger partial charge in [0.2, 0.25) is 0 Å². The van der Waals surface area contributed by atoms with Gasteiger partial charge in [-0.05, 0) is 19.1 Å². The van der Waals surface area contributed by atoms with E-state index in [-0.39, 0.29) is 0 Å². The summed E-state index contributed by atoms with van der Waals surface area (Å²) in [6, 6.07) is 7.71. The maximum atomic E-state index is 9.58. The number of nitrogens with zero attached hydrogens (tertiary/aromatic N) is 2. The zero-order valence-corrected chi connectivity index (χ0v) is 8.51. The van der Waals surface area contributed by atoms with Crippen LogP contribution in [0.5, 0.6) is 0 Å². The van der Waals surface area contributed by atoms with Gasteiger partial charge in [-0.25, -0.2) is 4.98 Å². The fraction of sp³-hybridized carbons (Fsp3) is 0.250. The molecule has 0 radical (unpaired) electrons. The van der Waals surface area contributed by atoms with Crippen LogP contribution in [0.3, 0.4) is 0 Å². The van der Waals surface area contributed by atoms with Crippen LogP contribution in [0.4, 0.5) is 0 Å². The van der Waals surface area contributed by atoms with E-state index in [1.807, 2.05) is 28.8 Å². The molecule has 0 aliphatic carbocycles. The van der Waals surface area contributed by atoms with Crippen molar-refractivity contribution in [1.29, 1.82) is 0 Å². The number of rotatable bonds is 2. The Morgan fingerprint density at radius 1 is 1.53 bits per heavy atom. The van der Waals surface area contributed by atoms with Gasteiger partial charge >= 0.3 is 0 Å². The maximum absolute atomic E-state index is 9.58. The molecule has 1 unspecified atom stereocenters. The fourth-order valence-electron chi connectivity index (χ4n) is 1.67. The summed E-state index contributed by atoms with van der Waals surface area (Å²) in [7, 11) is 0. The van der Waals surface area contributed by atoms with Gasteiger partial charge in [0.25, 0.3) is 0 Å². The van der Waals surface area contributed by atoms with Gasteiger partial charge in [0, 0.05) is 0 Å². The SMILES string of the molecule is C#CCn1c(C(C)O)nc2ccccc21. The molecule has 15 heavy (non-hydrogen) atoms. The number of aromatic nitrogens is 2. The first kappa shape index (κ1) is 9.75. The van der Waals surface area contributed by atoms with Crippen molar-refractivity contribution >= 4 is 11.0 Å². The number of benzene rings is 1. The molecule has 3 nitrogen and oxygen atoms in total. The zero-order chi connectivity index (χ0) is 10.8. The molecule has 3 heteroatoms. The minimum atomic E-state index is -0.606. The Balaban J connectivity index is 2.70. The first-order valence-corrected chi connectivity index (χ1v) is 4.80. The molecule has 2 aromatic rings. The summed E-state index contributed by atoms with van der Waals surface area (Å²) in [6.07, 6.45) is 4.69. The number of aliphatic hydroxyl groups excluding tert-OH is 1. The van der Waals surface area contributed by atoms with Gasteiger partial charge in [-0.15, -0.1) is 6.42 Å². The smallest absolute Gasteiger partial charge is 0.139 e. The van der Waals surface area contributed by atoms with Gasteiger partial charge in [-0.2, -0.15) is 0 Å². The quantitative estimate of drug-likeness (QED) is 0.749. The third-order valence-electron chi connectivity index (χ3n) is 2.31. The lowest BCUT2D eigenvalue weighted by Gasteiger charge is -2.06. The van der Waals surface area contributed by atoms with Crippen LogP contribution in [0, 0.1) is 12.3 Å². The molecule has 0 saturated carbocycles. The van der Waals surface area contributed by atoms with Gasteiger partial charge in [0.1, 0.15) is 11.9 Å². The second-order valence-corrected chi connectivity index (χ2v) is 3.42. The number of aliphatic hydroxyl groups is 1. The molecule has 1 N–H and O–H groups in total. The Hall–Kier alpha value is -1.79. The van der Waals surface area contributed by atoms with E-state index in [0.29, 0.717) is 12.4 Å². The summed E-state index contributed by atoms with van der Waals surface area (Å²) < 4.78 is 1.86. The van der Waals surface area contributed by atoms with Crippen LogP contribution >= 0.6 is 0 Å². The summed E-state index contributed by atoms with van der Waals surface area (Å²) in [4.78, 5) is 4.35. The largest absolute Gasteiger partial charge is 0.385 e. The summed E-state index contributed by atoms with van der Waals surface area (Å²) in [5.41, 5.74) is 1.83. The summed E-state index contributed by atoms with van der Waals surface area (Å²) in [6.45, 7) is 2.12. The van der Waals surface area contributed by atoms with Crippen LogP contribution in [0.25, 0.3) is 11.0 Å². The molecule has 0 amide bonds. The lowest BCUT2D eigenvalue weighted by atomic mass is 10.3. The number of fused-ring (bicyclic) bond motifs is 1. The molecule has 1 aromatic heterocycles.